The molecule has 0 fully saturated rings. The zero-order valence-electron chi connectivity index (χ0n) is 16.1. The average molecular weight is 386 g/mol. The van der Waals surface area contributed by atoms with Gasteiger partial charge in [-0.15, -0.1) is 0 Å². The van der Waals surface area contributed by atoms with Crippen molar-refractivity contribution in [1.29, 1.82) is 0 Å². The van der Waals surface area contributed by atoms with Gasteiger partial charge in [0.1, 0.15) is 12.3 Å². The van der Waals surface area contributed by atoms with Crippen LogP contribution in [0.1, 0.15) is 5.56 Å². The zero-order valence-corrected chi connectivity index (χ0v) is 16.1. The molecule has 146 valence electrons. The number of hydrogen-bond acceptors (Lipinski definition) is 4. The molecule has 2 N–H and O–H groups in total. The van der Waals surface area contributed by atoms with Crippen LogP contribution in [0.4, 0.5) is 11.4 Å². The molecule has 1 amide bonds. The molecular weight excluding hydrogens is 364 g/mol. The maximum Gasteiger partial charge on any atom is 0.250 e. The van der Waals surface area contributed by atoms with Gasteiger partial charge in [-0.1, -0.05) is 42.5 Å². The third-order valence-corrected chi connectivity index (χ3v) is 4.58. The number of benzene rings is 2. The number of rotatable bonds is 7. The molecule has 2 aromatic heterocycles. The molecule has 0 atom stereocenters. The van der Waals surface area contributed by atoms with Crippen LogP contribution in [0.2, 0.25) is 0 Å². The Labute approximate surface area is 169 Å². The molecule has 2 heterocycles. The summed E-state index contributed by atoms with van der Waals surface area (Å²) in [4.78, 5) is 16.7. The molecule has 0 aliphatic rings. The highest BCUT2D eigenvalue weighted by Crippen LogP contribution is 2.25. The van der Waals surface area contributed by atoms with Crippen LogP contribution in [0.15, 0.2) is 79.1 Å². The van der Waals surface area contributed by atoms with Crippen LogP contribution in [0, 0.1) is 0 Å². The van der Waals surface area contributed by atoms with Gasteiger partial charge in [0.25, 0.3) is 0 Å². The van der Waals surface area contributed by atoms with Crippen molar-refractivity contribution in [2.24, 2.45) is 0 Å². The minimum atomic E-state index is -0.186. The van der Waals surface area contributed by atoms with Gasteiger partial charge in [0, 0.05) is 24.5 Å². The molecule has 0 radical (unpaired) electrons. The number of amides is 1. The highest BCUT2D eigenvalue weighted by atomic mass is 16.5. The number of ether oxygens (including phenoxy) is 1. The van der Waals surface area contributed by atoms with E-state index in [1.807, 2.05) is 90.6 Å². The normalized spacial score (nSPS) is 10.8. The van der Waals surface area contributed by atoms with E-state index in [-0.39, 0.29) is 12.5 Å². The van der Waals surface area contributed by atoms with Crippen molar-refractivity contribution in [1.82, 2.24) is 9.38 Å². The molecule has 4 rings (SSSR count). The number of carbonyl (C=O) groups is 1. The molecular formula is C23H22N4O2. The smallest absolute Gasteiger partial charge is 0.250 e. The molecule has 2 aromatic carbocycles. The zero-order chi connectivity index (χ0) is 20.1. The first kappa shape index (κ1) is 18.7. The summed E-state index contributed by atoms with van der Waals surface area (Å²) >= 11 is 0. The number of anilines is 2. The van der Waals surface area contributed by atoms with Gasteiger partial charge in [-0.25, -0.2) is 4.98 Å². The molecule has 0 aliphatic carbocycles. The summed E-state index contributed by atoms with van der Waals surface area (Å²) in [6.07, 6.45) is 3.83. The Hall–Kier alpha value is -3.64. The van der Waals surface area contributed by atoms with Gasteiger partial charge in [-0.3, -0.25) is 9.20 Å². The van der Waals surface area contributed by atoms with Crippen LogP contribution in [-0.2, 0) is 16.1 Å². The van der Waals surface area contributed by atoms with Crippen molar-refractivity contribution in [3.8, 4) is 11.3 Å². The number of nitrogens with zero attached hydrogens (tertiary/aromatic N) is 2. The molecule has 0 spiro atoms. The van der Waals surface area contributed by atoms with Crippen molar-refractivity contribution in [2.75, 3.05) is 24.3 Å². The van der Waals surface area contributed by atoms with E-state index in [0.717, 1.165) is 33.8 Å². The van der Waals surface area contributed by atoms with Gasteiger partial charge < -0.3 is 15.4 Å². The average Bonchev–Trinajstić information content (AvgIpc) is 3.18. The van der Waals surface area contributed by atoms with Gasteiger partial charge in [0.15, 0.2) is 0 Å². The second kappa shape index (κ2) is 8.58. The molecule has 0 unspecified atom stereocenters. The molecule has 6 heteroatoms. The number of nitrogens with one attached hydrogen (secondary N) is 2. The molecule has 29 heavy (non-hydrogen) atoms. The largest absolute Gasteiger partial charge is 0.387 e. The summed E-state index contributed by atoms with van der Waals surface area (Å²) in [5.74, 6) is -0.186. The van der Waals surface area contributed by atoms with Crippen LogP contribution in [-0.4, -0.2) is 28.9 Å². The fourth-order valence-electron chi connectivity index (χ4n) is 3.13. The fraction of sp³-hybridized carbons (Fsp3) is 0.130. The third-order valence-electron chi connectivity index (χ3n) is 4.58. The molecule has 6 nitrogen and oxygen atoms in total. The van der Waals surface area contributed by atoms with Crippen molar-refractivity contribution < 1.29 is 9.53 Å². The minimum Gasteiger partial charge on any atom is -0.387 e. The van der Waals surface area contributed by atoms with Crippen LogP contribution in [0.3, 0.4) is 0 Å². The second-order valence-corrected chi connectivity index (χ2v) is 6.65. The van der Waals surface area contributed by atoms with E-state index in [2.05, 4.69) is 15.6 Å². The van der Waals surface area contributed by atoms with Crippen molar-refractivity contribution >= 4 is 22.9 Å². The van der Waals surface area contributed by atoms with Gasteiger partial charge >= 0.3 is 0 Å². The first-order valence-electron chi connectivity index (χ1n) is 9.40. The Balaban J connectivity index is 1.44. The van der Waals surface area contributed by atoms with Crippen molar-refractivity contribution in [3.05, 3.63) is 84.7 Å². The lowest BCUT2D eigenvalue weighted by atomic mass is 10.1. The fourth-order valence-corrected chi connectivity index (χ4v) is 3.13. The topological polar surface area (TPSA) is 67.7 Å². The maximum absolute atomic E-state index is 12.2. The predicted octanol–water partition coefficient (Wildman–Crippen LogP) is 4.20. The predicted molar refractivity (Wildman–Crippen MR) is 115 cm³/mol. The van der Waals surface area contributed by atoms with Crippen LogP contribution in [0.5, 0.6) is 0 Å². The Morgan fingerprint density at radius 2 is 1.90 bits per heavy atom. The van der Waals surface area contributed by atoms with E-state index >= 15 is 0 Å². The summed E-state index contributed by atoms with van der Waals surface area (Å²) in [5, 5.41) is 6.03. The number of hydrogen-bond donors (Lipinski definition) is 2. The molecule has 0 bridgehead atoms. The van der Waals surface area contributed by atoms with Gasteiger partial charge in [-0.05, 0) is 29.8 Å². The number of fused-ring (bicyclic) bond motifs is 1. The Bertz CT molecular complexity index is 1120. The standard InChI is InChI=1S/C23H22N4O2/c1-24-20-10-11-22-25-13-21(27(22)14-20)18-8-5-9-19(12-18)26-23(28)16-29-15-17-6-3-2-4-7-17/h2-14,24H,15-16H2,1H3,(H,26,28). The Kier molecular flexibility index (Phi) is 5.54. The van der Waals surface area contributed by atoms with Crippen LogP contribution in [0.25, 0.3) is 16.9 Å². The van der Waals surface area contributed by atoms with Crippen molar-refractivity contribution in [2.45, 2.75) is 6.61 Å². The van der Waals surface area contributed by atoms with E-state index < -0.39 is 0 Å². The van der Waals surface area contributed by atoms with Crippen LogP contribution < -0.4 is 10.6 Å². The quantitative estimate of drug-likeness (QED) is 0.500. The summed E-state index contributed by atoms with van der Waals surface area (Å²) in [7, 11) is 1.88. The number of pyridine rings is 1. The lowest BCUT2D eigenvalue weighted by molar-refractivity contribution is -0.121. The van der Waals surface area contributed by atoms with Gasteiger partial charge in [-0.2, -0.15) is 0 Å². The summed E-state index contributed by atoms with van der Waals surface area (Å²) in [6, 6.07) is 21.4. The summed E-state index contributed by atoms with van der Waals surface area (Å²) in [5.41, 5.74) is 5.54. The van der Waals surface area contributed by atoms with Gasteiger partial charge in [0.05, 0.1) is 24.2 Å². The summed E-state index contributed by atoms with van der Waals surface area (Å²) < 4.78 is 7.53. The molecule has 0 saturated heterocycles. The monoisotopic (exact) mass is 386 g/mol. The third kappa shape index (κ3) is 4.44. The molecule has 4 aromatic rings. The highest BCUT2D eigenvalue weighted by molar-refractivity contribution is 5.92. The van der Waals surface area contributed by atoms with E-state index in [0.29, 0.717) is 6.61 Å². The number of aromatic nitrogens is 2. The highest BCUT2D eigenvalue weighted by Gasteiger charge is 2.09. The van der Waals surface area contributed by atoms with E-state index in [9.17, 15) is 4.79 Å². The maximum atomic E-state index is 12.2. The van der Waals surface area contributed by atoms with Crippen molar-refractivity contribution in [3.63, 3.8) is 0 Å². The lowest BCUT2D eigenvalue weighted by Crippen LogP contribution is -2.18. The minimum absolute atomic E-state index is 0.000262. The van der Waals surface area contributed by atoms with E-state index in [1.165, 1.54) is 0 Å². The Morgan fingerprint density at radius 1 is 1.03 bits per heavy atom. The lowest BCUT2D eigenvalue weighted by Gasteiger charge is -2.09. The number of imidazole rings is 1. The van der Waals surface area contributed by atoms with Gasteiger partial charge in [0.2, 0.25) is 5.91 Å². The van der Waals surface area contributed by atoms with Crippen LogP contribution >= 0.6 is 0 Å². The SMILES string of the molecule is CNc1ccc2ncc(-c3cccc(NC(=O)COCc4ccccc4)c3)n2c1. The molecule has 0 saturated carbocycles. The van der Waals surface area contributed by atoms with E-state index in [1.54, 1.807) is 0 Å². The first-order valence-corrected chi connectivity index (χ1v) is 9.40. The first-order chi connectivity index (χ1) is 14.2. The number of carbonyl (C=O) groups excluding carboxylic acids is 1. The summed E-state index contributed by atoms with van der Waals surface area (Å²) in [6.45, 7) is 0.407. The molecule has 0 aliphatic heterocycles. The Morgan fingerprint density at radius 3 is 2.72 bits per heavy atom. The van der Waals surface area contributed by atoms with E-state index in [4.69, 9.17) is 4.74 Å². The second-order valence-electron chi connectivity index (χ2n) is 6.65.